The summed E-state index contributed by atoms with van der Waals surface area (Å²) in [5.74, 6) is 0.603. The fraction of sp³-hybridized carbons (Fsp3) is 0.586. The lowest BCUT2D eigenvalue weighted by atomic mass is 9.73. The van der Waals surface area contributed by atoms with Crippen LogP contribution in [0.1, 0.15) is 68.9 Å². The molecule has 4 nitrogen and oxygen atoms in total. The molecular formula is C29H37N2O2+. The molecule has 0 N–H and O–H groups in total. The van der Waals surface area contributed by atoms with Gasteiger partial charge >= 0.3 is 5.97 Å². The summed E-state index contributed by atoms with van der Waals surface area (Å²) >= 11 is 0. The first-order valence-corrected chi connectivity index (χ1v) is 13.0. The van der Waals surface area contributed by atoms with Crippen LogP contribution in [0.4, 0.5) is 0 Å². The van der Waals surface area contributed by atoms with Crippen molar-refractivity contribution < 1.29 is 14.0 Å². The van der Waals surface area contributed by atoms with E-state index in [1.807, 2.05) is 12.1 Å². The predicted octanol–water partition coefficient (Wildman–Crippen LogP) is 5.48. The van der Waals surface area contributed by atoms with Crippen LogP contribution in [0.15, 0.2) is 48.1 Å². The monoisotopic (exact) mass is 445 g/mol. The number of benzene rings is 1. The van der Waals surface area contributed by atoms with Crippen LogP contribution in [0, 0.1) is 22.7 Å². The number of nitriles is 1. The van der Waals surface area contributed by atoms with Crippen LogP contribution in [-0.2, 0) is 16.0 Å². The van der Waals surface area contributed by atoms with E-state index in [1.165, 1.54) is 49.9 Å². The smallest absolute Gasteiger partial charge is 0.316 e. The Kier molecular flexibility index (Phi) is 6.43. The summed E-state index contributed by atoms with van der Waals surface area (Å²) in [4.78, 5) is 13.8. The second-order valence-electron chi connectivity index (χ2n) is 10.9. The number of piperidine rings is 3. The van der Waals surface area contributed by atoms with Crippen molar-refractivity contribution in [2.24, 2.45) is 11.3 Å². The highest BCUT2D eigenvalue weighted by molar-refractivity contribution is 5.81. The molecule has 1 aromatic carbocycles. The van der Waals surface area contributed by atoms with Gasteiger partial charge in [0.25, 0.3) is 0 Å². The van der Waals surface area contributed by atoms with Gasteiger partial charge in [-0.1, -0.05) is 56.0 Å². The molecule has 4 heteroatoms. The van der Waals surface area contributed by atoms with Crippen LogP contribution in [0.3, 0.4) is 0 Å². The molecule has 6 rings (SSSR count). The van der Waals surface area contributed by atoms with Crippen LogP contribution in [0.25, 0.3) is 0 Å². The second kappa shape index (κ2) is 9.47. The van der Waals surface area contributed by atoms with Crippen molar-refractivity contribution in [2.45, 2.75) is 70.3 Å². The van der Waals surface area contributed by atoms with Crippen molar-refractivity contribution in [1.29, 1.82) is 5.26 Å². The third-order valence-electron chi connectivity index (χ3n) is 8.99. The summed E-state index contributed by atoms with van der Waals surface area (Å²) in [6.45, 7) is 4.47. The normalized spacial score (nSPS) is 30.3. The van der Waals surface area contributed by atoms with Crippen molar-refractivity contribution in [3.05, 3.63) is 59.2 Å². The van der Waals surface area contributed by atoms with E-state index in [4.69, 9.17) is 10.00 Å². The molecule has 3 saturated heterocycles. The molecule has 174 valence electrons. The molecule has 4 fully saturated rings. The standard InChI is InChI=1S/C29H37N2O2/c30-21-24-11-9-23(10-12-24)13-18-31-19-14-25(15-20-31)27(22-31)33-28(32)29(26-7-3-4-8-26)16-5-1-2-6-17-29/h3-4,7,9-12,25,27H,1-2,5-6,8,13-20,22H2/q+1/t25?,27-,31?/m0/s1. The Balaban J connectivity index is 1.27. The van der Waals surface area contributed by atoms with E-state index in [0.717, 1.165) is 61.7 Å². The van der Waals surface area contributed by atoms with Gasteiger partial charge in [0.05, 0.1) is 36.7 Å². The van der Waals surface area contributed by atoms with E-state index in [1.54, 1.807) is 0 Å². The quantitative estimate of drug-likeness (QED) is 0.331. The molecule has 0 amide bonds. The Morgan fingerprint density at radius 1 is 1.09 bits per heavy atom. The first-order valence-electron chi connectivity index (χ1n) is 13.0. The molecule has 1 saturated carbocycles. The lowest BCUT2D eigenvalue weighted by Gasteiger charge is -2.52. The van der Waals surface area contributed by atoms with E-state index in [9.17, 15) is 4.79 Å². The summed E-state index contributed by atoms with van der Waals surface area (Å²) in [5, 5.41) is 9.04. The van der Waals surface area contributed by atoms with Crippen molar-refractivity contribution >= 4 is 5.97 Å². The van der Waals surface area contributed by atoms with Crippen LogP contribution >= 0.6 is 0 Å². The first kappa shape index (κ1) is 22.4. The van der Waals surface area contributed by atoms with Crippen molar-refractivity contribution in [1.82, 2.24) is 0 Å². The molecule has 2 aliphatic carbocycles. The maximum Gasteiger partial charge on any atom is 0.316 e. The van der Waals surface area contributed by atoms with Gasteiger partial charge in [0.2, 0.25) is 0 Å². The predicted molar refractivity (Wildman–Crippen MR) is 129 cm³/mol. The van der Waals surface area contributed by atoms with Gasteiger partial charge in [-0.15, -0.1) is 0 Å². The van der Waals surface area contributed by atoms with Gasteiger partial charge in [-0.2, -0.15) is 5.26 Å². The van der Waals surface area contributed by atoms with Crippen LogP contribution in [-0.4, -0.2) is 42.7 Å². The van der Waals surface area contributed by atoms with Crippen molar-refractivity contribution in [3.8, 4) is 6.07 Å². The first-order chi connectivity index (χ1) is 16.1. The van der Waals surface area contributed by atoms with E-state index < -0.39 is 0 Å². The number of nitrogens with zero attached hydrogens (tertiary/aromatic N) is 2. The molecule has 1 atom stereocenters. The topological polar surface area (TPSA) is 50.1 Å². The summed E-state index contributed by atoms with van der Waals surface area (Å²) in [6, 6.07) is 10.2. The fourth-order valence-corrected chi connectivity index (χ4v) is 6.82. The highest BCUT2D eigenvalue weighted by Gasteiger charge is 2.50. The van der Waals surface area contributed by atoms with E-state index in [-0.39, 0.29) is 17.5 Å². The van der Waals surface area contributed by atoms with Gasteiger partial charge in [0, 0.05) is 25.2 Å². The molecule has 33 heavy (non-hydrogen) atoms. The number of hydrogen-bond donors (Lipinski definition) is 0. The highest BCUT2D eigenvalue weighted by Crippen LogP contribution is 2.46. The van der Waals surface area contributed by atoms with E-state index >= 15 is 0 Å². The summed E-state index contributed by atoms with van der Waals surface area (Å²) in [6.07, 6.45) is 17.5. The molecule has 1 aromatic rings. The Morgan fingerprint density at radius 3 is 2.45 bits per heavy atom. The molecule has 0 unspecified atom stereocenters. The van der Waals surface area contributed by atoms with Crippen LogP contribution < -0.4 is 0 Å². The fourth-order valence-electron chi connectivity index (χ4n) is 6.82. The molecule has 0 aromatic heterocycles. The highest BCUT2D eigenvalue weighted by atomic mass is 16.5. The number of ether oxygens (including phenoxy) is 1. The minimum absolute atomic E-state index is 0.0658. The van der Waals surface area contributed by atoms with E-state index in [0.29, 0.717) is 5.92 Å². The zero-order valence-electron chi connectivity index (χ0n) is 19.8. The third-order valence-corrected chi connectivity index (χ3v) is 8.99. The maximum atomic E-state index is 13.8. The van der Waals surface area contributed by atoms with E-state index in [2.05, 4.69) is 36.4 Å². The lowest BCUT2D eigenvalue weighted by Crippen LogP contribution is -2.65. The summed E-state index contributed by atoms with van der Waals surface area (Å²) in [5.41, 5.74) is 2.91. The van der Waals surface area contributed by atoms with Crippen LogP contribution in [0.2, 0.25) is 0 Å². The van der Waals surface area contributed by atoms with Gasteiger partial charge in [-0.25, -0.2) is 0 Å². The molecular weight excluding hydrogens is 408 g/mol. The third kappa shape index (κ3) is 4.53. The van der Waals surface area contributed by atoms with Gasteiger partial charge in [0.1, 0.15) is 6.54 Å². The number of fused-ring (bicyclic) bond motifs is 3. The lowest BCUT2D eigenvalue weighted by molar-refractivity contribution is -0.946. The average Bonchev–Trinajstić information content (AvgIpc) is 3.29. The zero-order valence-corrected chi connectivity index (χ0v) is 19.8. The molecule has 3 aliphatic heterocycles. The van der Waals surface area contributed by atoms with Crippen molar-refractivity contribution in [3.63, 3.8) is 0 Å². The summed E-state index contributed by atoms with van der Waals surface area (Å²) < 4.78 is 7.56. The van der Waals surface area contributed by atoms with Crippen molar-refractivity contribution in [2.75, 3.05) is 26.2 Å². The maximum absolute atomic E-state index is 13.8. The number of carbonyl (C=O) groups is 1. The Labute approximate surface area is 198 Å². The number of quaternary nitrogens is 1. The van der Waals surface area contributed by atoms with Gasteiger partial charge < -0.3 is 9.22 Å². The Morgan fingerprint density at radius 2 is 1.82 bits per heavy atom. The Bertz CT molecular complexity index is 952. The number of esters is 1. The number of hydrogen-bond acceptors (Lipinski definition) is 3. The second-order valence-corrected chi connectivity index (χ2v) is 10.9. The summed E-state index contributed by atoms with van der Waals surface area (Å²) in [7, 11) is 0. The van der Waals surface area contributed by atoms with Gasteiger partial charge in [-0.3, -0.25) is 4.79 Å². The average molecular weight is 446 g/mol. The largest absolute Gasteiger partial charge is 0.455 e. The number of allylic oxidation sites excluding steroid dienone is 3. The minimum Gasteiger partial charge on any atom is -0.455 e. The SMILES string of the molecule is N#Cc1ccc(CC[N+]23CCC(CC2)[C@@H](OC(=O)C2(C4=CC=CC4)CCCCCC2)C3)cc1. The number of carbonyl (C=O) groups excluding carboxylic acids is 1. The molecule has 5 aliphatic rings. The van der Waals surface area contributed by atoms with Crippen LogP contribution in [0.5, 0.6) is 0 Å². The number of rotatable bonds is 6. The Hall–Kier alpha value is -2.38. The molecule has 0 radical (unpaired) electrons. The van der Waals surface area contributed by atoms with Gasteiger partial charge in [0.15, 0.2) is 6.10 Å². The molecule has 0 spiro atoms. The zero-order chi connectivity index (χ0) is 22.7. The minimum atomic E-state index is -0.390. The van der Waals surface area contributed by atoms with Gasteiger partial charge in [-0.05, 0) is 42.5 Å². The molecule has 2 bridgehead atoms. The molecule has 3 heterocycles.